The van der Waals surface area contributed by atoms with E-state index in [-0.39, 0.29) is 5.82 Å². The number of aromatic nitrogens is 1. The fraction of sp³-hybridized carbons (Fsp3) is 0.294. The van der Waals surface area contributed by atoms with E-state index in [2.05, 4.69) is 20.2 Å². The van der Waals surface area contributed by atoms with Crippen molar-refractivity contribution in [1.29, 1.82) is 0 Å². The lowest BCUT2D eigenvalue weighted by atomic mass is 10.3. The summed E-state index contributed by atoms with van der Waals surface area (Å²) in [5, 5.41) is 3.27. The Labute approximate surface area is 134 Å². The summed E-state index contributed by atoms with van der Waals surface area (Å²) in [4.78, 5) is 11.1. The van der Waals surface area contributed by atoms with E-state index >= 15 is 0 Å². The minimum absolute atomic E-state index is 0.263. The summed E-state index contributed by atoms with van der Waals surface area (Å²) in [5.41, 5.74) is 1.78. The Kier molecular flexibility index (Phi) is 4.83. The Hall–Kier alpha value is -2.47. The SMILES string of the molecule is Cc1cccnc1N=C(Nc1ccc(F)cc1)N1CCOCC1. The molecule has 0 radical (unpaired) electrons. The Morgan fingerprint density at radius 1 is 1.22 bits per heavy atom. The molecule has 1 aromatic heterocycles. The predicted molar refractivity (Wildman–Crippen MR) is 88.5 cm³/mol. The van der Waals surface area contributed by atoms with Crippen molar-refractivity contribution in [2.24, 2.45) is 4.99 Å². The zero-order chi connectivity index (χ0) is 16.1. The maximum atomic E-state index is 13.1. The molecule has 2 aromatic rings. The fourth-order valence-corrected chi connectivity index (χ4v) is 2.31. The minimum atomic E-state index is -0.263. The molecule has 1 aliphatic rings. The average molecular weight is 314 g/mol. The maximum Gasteiger partial charge on any atom is 0.205 e. The van der Waals surface area contributed by atoms with E-state index in [0.717, 1.165) is 24.3 Å². The second kappa shape index (κ2) is 7.19. The number of hydrogen-bond acceptors (Lipinski definition) is 3. The summed E-state index contributed by atoms with van der Waals surface area (Å²) >= 11 is 0. The first-order valence-electron chi connectivity index (χ1n) is 7.58. The Balaban J connectivity index is 1.89. The van der Waals surface area contributed by atoms with Crippen LogP contribution in [-0.2, 0) is 4.74 Å². The van der Waals surface area contributed by atoms with Gasteiger partial charge >= 0.3 is 0 Å². The quantitative estimate of drug-likeness (QED) is 0.684. The van der Waals surface area contributed by atoms with Crippen LogP contribution in [0.4, 0.5) is 15.9 Å². The second-order valence-electron chi connectivity index (χ2n) is 5.31. The van der Waals surface area contributed by atoms with Gasteiger partial charge in [-0.3, -0.25) is 0 Å². The van der Waals surface area contributed by atoms with Crippen molar-refractivity contribution in [1.82, 2.24) is 9.88 Å². The smallest absolute Gasteiger partial charge is 0.205 e. The molecule has 0 aliphatic carbocycles. The molecule has 3 rings (SSSR count). The van der Waals surface area contributed by atoms with Crippen LogP contribution in [0.1, 0.15) is 5.56 Å². The molecule has 0 atom stereocenters. The van der Waals surface area contributed by atoms with Crippen molar-refractivity contribution in [3.8, 4) is 0 Å². The number of anilines is 1. The zero-order valence-corrected chi connectivity index (χ0v) is 13.0. The molecule has 1 saturated heterocycles. The van der Waals surface area contributed by atoms with Gasteiger partial charge in [0.1, 0.15) is 5.82 Å². The summed E-state index contributed by atoms with van der Waals surface area (Å²) in [6, 6.07) is 10.1. The van der Waals surface area contributed by atoms with Crippen molar-refractivity contribution in [3.05, 3.63) is 54.0 Å². The molecule has 0 unspecified atom stereocenters. The number of pyridine rings is 1. The van der Waals surface area contributed by atoms with Crippen molar-refractivity contribution in [2.45, 2.75) is 6.92 Å². The van der Waals surface area contributed by atoms with Gasteiger partial charge in [-0.15, -0.1) is 0 Å². The monoisotopic (exact) mass is 314 g/mol. The number of halogens is 1. The zero-order valence-electron chi connectivity index (χ0n) is 13.0. The Bertz CT molecular complexity index is 681. The number of hydrogen-bond donors (Lipinski definition) is 1. The first-order valence-corrected chi connectivity index (χ1v) is 7.58. The number of ether oxygens (including phenoxy) is 1. The van der Waals surface area contributed by atoms with Crippen molar-refractivity contribution < 1.29 is 9.13 Å². The highest BCUT2D eigenvalue weighted by atomic mass is 19.1. The van der Waals surface area contributed by atoms with Gasteiger partial charge < -0.3 is 15.0 Å². The molecule has 1 aliphatic heterocycles. The molecule has 0 saturated carbocycles. The van der Waals surface area contributed by atoms with Crippen molar-refractivity contribution in [2.75, 3.05) is 31.6 Å². The highest BCUT2D eigenvalue weighted by Crippen LogP contribution is 2.17. The fourth-order valence-electron chi connectivity index (χ4n) is 2.31. The molecular formula is C17H19FN4O. The summed E-state index contributed by atoms with van der Waals surface area (Å²) in [6.45, 7) is 4.79. The molecule has 1 aromatic carbocycles. The third-order valence-corrected chi connectivity index (χ3v) is 3.60. The lowest BCUT2D eigenvalue weighted by Gasteiger charge is -2.30. The minimum Gasteiger partial charge on any atom is -0.378 e. The lowest BCUT2D eigenvalue weighted by molar-refractivity contribution is 0.0680. The van der Waals surface area contributed by atoms with Crippen LogP contribution in [0.5, 0.6) is 0 Å². The first-order chi connectivity index (χ1) is 11.2. The average Bonchev–Trinajstić information content (AvgIpc) is 2.59. The molecule has 23 heavy (non-hydrogen) atoms. The number of nitrogens with one attached hydrogen (secondary N) is 1. The number of guanidine groups is 1. The summed E-state index contributed by atoms with van der Waals surface area (Å²) in [6.07, 6.45) is 1.72. The van der Waals surface area contributed by atoms with Gasteiger partial charge in [0.2, 0.25) is 5.96 Å². The van der Waals surface area contributed by atoms with Crippen LogP contribution < -0.4 is 5.32 Å². The molecule has 1 fully saturated rings. The van der Waals surface area contributed by atoms with E-state index in [1.165, 1.54) is 12.1 Å². The van der Waals surface area contributed by atoms with Gasteiger partial charge in [0, 0.05) is 25.0 Å². The molecule has 0 spiro atoms. The highest BCUT2D eigenvalue weighted by molar-refractivity contribution is 5.95. The van der Waals surface area contributed by atoms with Gasteiger partial charge in [-0.05, 0) is 42.8 Å². The number of rotatable bonds is 2. The molecule has 5 nitrogen and oxygen atoms in total. The van der Waals surface area contributed by atoms with Crippen molar-refractivity contribution >= 4 is 17.5 Å². The standard InChI is InChI=1S/C17H19FN4O/c1-13-3-2-8-19-16(13)21-17(22-9-11-23-12-10-22)20-15-6-4-14(18)5-7-15/h2-8H,9-12H2,1H3,(H,19,20,21). The lowest BCUT2D eigenvalue weighted by Crippen LogP contribution is -2.44. The summed E-state index contributed by atoms with van der Waals surface area (Å²) in [7, 11) is 0. The number of aryl methyl sites for hydroxylation is 1. The van der Waals surface area contributed by atoms with Gasteiger partial charge in [0.15, 0.2) is 5.82 Å². The third kappa shape index (κ3) is 4.04. The molecule has 0 amide bonds. The van der Waals surface area contributed by atoms with E-state index in [1.54, 1.807) is 18.3 Å². The van der Waals surface area contributed by atoms with Crippen LogP contribution in [0.25, 0.3) is 0 Å². The van der Waals surface area contributed by atoms with E-state index in [1.807, 2.05) is 19.1 Å². The van der Waals surface area contributed by atoms with Gasteiger partial charge in [-0.1, -0.05) is 6.07 Å². The van der Waals surface area contributed by atoms with E-state index in [4.69, 9.17) is 4.74 Å². The van der Waals surface area contributed by atoms with E-state index in [0.29, 0.717) is 25.0 Å². The third-order valence-electron chi connectivity index (χ3n) is 3.60. The molecule has 0 bridgehead atoms. The Morgan fingerprint density at radius 3 is 2.65 bits per heavy atom. The summed E-state index contributed by atoms with van der Waals surface area (Å²) in [5.74, 6) is 1.10. The van der Waals surface area contributed by atoms with E-state index in [9.17, 15) is 4.39 Å². The van der Waals surface area contributed by atoms with Gasteiger partial charge in [-0.25, -0.2) is 9.37 Å². The van der Waals surface area contributed by atoms with Crippen LogP contribution in [0, 0.1) is 12.7 Å². The molecule has 2 heterocycles. The largest absolute Gasteiger partial charge is 0.378 e. The Morgan fingerprint density at radius 2 is 1.96 bits per heavy atom. The number of aliphatic imine (C=N–C) groups is 1. The number of nitrogens with zero attached hydrogens (tertiary/aromatic N) is 3. The second-order valence-corrected chi connectivity index (χ2v) is 5.31. The summed E-state index contributed by atoms with van der Waals surface area (Å²) < 4.78 is 18.5. The van der Waals surface area contributed by atoms with E-state index < -0.39 is 0 Å². The van der Waals surface area contributed by atoms with Crippen LogP contribution >= 0.6 is 0 Å². The molecule has 1 N–H and O–H groups in total. The topological polar surface area (TPSA) is 49.8 Å². The van der Waals surface area contributed by atoms with Crippen LogP contribution in [0.2, 0.25) is 0 Å². The molecule has 120 valence electrons. The molecular weight excluding hydrogens is 295 g/mol. The maximum absolute atomic E-state index is 13.1. The predicted octanol–water partition coefficient (Wildman–Crippen LogP) is 2.96. The molecule has 6 heteroatoms. The van der Waals surface area contributed by atoms with Crippen LogP contribution in [0.3, 0.4) is 0 Å². The van der Waals surface area contributed by atoms with Crippen molar-refractivity contribution in [3.63, 3.8) is 0 Å². The number of benzene rings is 1. The van der Waals surface area contributed by atoms with Crippen LogP contribution in [-0.4, -0.2) is 42.1 Å². The van der Waals surface area contributed by atoms with Gasteiger partial charge in [0.25, 0.3) is 0 Å². The highest BCUT2D eigenvalue weighted by Gasteiger charge is 2.16. The van der Waals surface area contributed by atoms with Crippen LogP contribution in [0.15, 0.2) is 47.6 Å². The normalized spacial score (nSPS) is 15.6. The van der Waals surface area contributed by atoms with Gasteiger partial charge in [-0.2, -0.15) is 4.99 Å². The first kappa shape index (κ1) is 15.4. The number of morpholine rings is 1. The van der Waals surface area contributed by atoms with Gasteiger partial charge in [0.05, 0.1) is 13.2 Å².